The standard InChI is InChI=1S/C12H19N3O3/c1-8-4-11(14-18-8)13-12(16)7-15-5-9(2)17-10(3)6-15/h4,9-10H,5-7H2,1-3H3,(H,13,14,16). The number of anilines is 1. The molecule has 1 fully saturated rings. The Morgan fingerprint density at radius 2 is 2.17 bits per heavy atom. The average Bonchev–Trinajstić information content (AvgIpc) is 2.61. The number of morpholine rings is 1. The monoisotopic (exact) mass is 253 g/mol. The summed E-state index contributed by atoms with van der Waals surface area (Å²) in [5, 5.41) is 6.44. The third-order valence-electron chi connectivity index (χ3n) is 2.76. The third-order valence-corrected chi connectivity index (χ3v) is 2.76. The molecular weight excluding hydrogens is 234 g/mol. The SMILES string of the molecule is Cc1cc(NC(=O)CN2CC(C)OC(C)C2)no1. The van der Waals surface area contributed by atoms with Crippen LogP contribution in [0.1, 0.15) is 19.6 Å². The lowest BCUT2D eigenvalue weighted by Gasteiger charge is -2.34. The molecule has 1 amide bonds. The summed E-state index contributed by atoms with van der Waals surface area (Å²) in [7, 11) is 0. The Morgan fingerprint density at radius 3 is 2.72 bits per heavy atom. The Labute approximate surface area is 106 Å². The molecule has 0 aliphatic carbocycles. The Balaban J connectivity index is 1.83. The first kappa shape index (κ1) is 13.0. The molecule has 1 aliphatic rings. The average molecular weight is 253 g/mol. The van der Waals surface area contributed by atoms with E-state index in [-0.39, 0.29) is 18.1 Å². The molecule has 2 atom stereocenters. The van der Waals surface area contributed by atoms with Gasteiger partial charge in [0, 0.05) is 19.2 Å². The second-order valence-electron chi connectivity index (χ2n) is 4.82. The molecule has 1 saturated heterocycles. The van der Waals surface area contributed by atoms with E-state index in [1.54, 1.807) is 13.0 Å². The number of rotatable bonds is 3. The summed E-state index contributed by atoms with van der Waals surface area (Å²) in [6.45, 7) is 7.71. The zero-order valence-electron chi connectivity index (χ0n) is 11.0. The van der Waals surface area contributed by atoms with Crippen molar-refractivity contribution in [3.8, 4) is 0 Å². The maximum Gasteiger partial charge on any atom is 0.239 e. The van der Waals surface area contributed by atoms with Crippen molar-refractivity contribution in [2.45, 2.75) is 33.0 Å². The topological polar surface area (TPSA) is 67.6 Å². The summed E-state index contributed by atoms with van der Waals surface area (Å²) in [4.78, 5) is 13.9. The van der Waals surface area contributed by atoms with Crippen molar-refractivity contribution < 1.29 is 14.1 Å². The molecule has 6 nitrogen and oxygen atoms in total. The summed E-state index contributed by atoms with van der Waals surface area (Å²) in [6, 6.07) is 1.70. The van der Waals surface area contributed by atoms with Crippen LogP contribution in [-0.4, -0.2) is 47.8 Å². The molecule has 1 aromatic heterocycles. The zero-order chi connectivity index (χ0) is 13.1. The van der Waals surface area contributed by atoms with Crippen LogP contribution >= 0.6 is 0 Å². The summed E-state index contributed by atoms with van der Waals surface area (Å²) in [5.74, 6) is 1.07. The normalized spacial score (nSPS) is 25.1. The van der Waals surface area contributed by atoms with Gasteiger partial charge in [-0.25, -0.2) is 0 Å². The van der Waals surface area contributed by atoms with Crippen LogP contribution in [0.3, 0.4) is 0 Å². The van der Waals surface area contributed by atoms with Gasteiger partial charge in [0.25, 0.3) is 0 Å². The predicted molar refractivity (Wildman–Crippen MR) is 66.3 cm³/mol. The summed E-state index contributed by atoms with van der Waals surface area (Å²) in [6.07, 6.45) is 0.326. The number of hydrogen-bond acceptors (Lipinski definition) is 5. The molecule has 2 rings (SSSR count). The summed E-state index contributed by atoms with van der Waals surface area (Å²) < 4.78 is 10.5. The van der Waals surface area contributed by atoms with Crippen LogP contribution in [0.5, 0.6) is 0 Å². The smallest absolute Gasteiger partial charge is 0.239 e. The van der Waals surface area contributed by atoms with E-state index in [4.69, 9.17) is 9.26 Å². The number of carbonyl (C=O) groups excluding carboxylic acids is 1. The summed E-state index contributed by atoms with van der Waals surface area (Å²) in [5.41, 5.74) is 0. The van der Waals surface area contributed by atoms with Gasteiger partial charge in [0.1, 0.15) is 5.76 Å². The van der Waals surface area contributed by atoms with E-state index in [9.17, 15) is 4.79 Å². The van der Waals surface area contributed by atoms with Crippen LogP contribution in [-0.2, 0) is 9.53 Å². The fourth-order valence-electron chi connectivity index (χ4n) is 2.22. The highest BCUT2D eigenvalue weighted by molar-refractivity contribution is 5.91. The van der Waals surface area contributed by atoms with E-state index in [1.807, 2.05) is 13.8 Å². The van der Waals surface area contributed by atoms with Crippen LogP contribution in [0.4, 0.5) is 5.82 Å². The highest BCUT2D eigenvalue weighted by Gasteiger charge is 2.23. The van der Waals surface area contributed by atoms with Crippen LogP contribution in [0.25, 0.3) is 0 Å². The molecule has 100 valence electrons. The minimum Gasteiger partial charge on any atom is -0.373 e. The van der Waals surface area contributed by atoms with E-state index in [1.165, 1.54) is 0 Å². The second kappa shape index (κ2) is 5.49. The van der Waals surface area contributed by atoms with E-state index < -0.39 is 0 Å². The van der Waals surface area contributed by atoms with Gasteiger partial charge in [0.2, 0.25) is 5.91 Å². The summed E-state index contributed by atoms with van der Waals surface area (Å²) >= 11 is 0. The first-order valence-corrected chi connectivity index (χ1v) is 6.14. The van der Waals surface area contributed by atoms with Crippen molar-refractivity contribution in [1.82, 2.24) is 10.1 Å². The number of nitrogens with zero attached hydrogens (tertiary/aromatic N) is 2. The van der Waals surface area contributed by atoms with Gasteiger partial charge in [-0.15, -0.1) is 0 Å². The minimum absolute atomic E-state index is 0.0791. The minimum atomic E-state index is -0.0791. The molecule has 0 aromatic carbocycles. The Hall–Kier alpha value is -1.40. The lowest BCUT2D eigenvalue weighted by Crippen LogP contribution is -2.48. The lowest BCUT2D eigenvalue weighted by molar-refractivity contribution is -0.121. The second-order valence-corrected chi connectivity index (χ2v) is 4.82. The molecule has 0 spiro atoms. The highest BCUT2D eigenvalue weighted by atomic mass is 16.5. The van der Waals surface area contributed by atoms with Crippen LogP contribution < -0.4 is 5.32 Å². The van der Waals surface area contributed by atoms with E-state index >= 15 is 0 Å². The molecule has 0 bridgehead atoms. The molecule has 1 aromatic rings. The number of aryl methyl sites for hydroxylation is 1. The Kier molecular flexibility index (Phi) is 3.98. The van der Waals surface area contributed by atoms with Crippen molar-refractivity contribution in [3.63, 3.8) is 0 Å². The van der Waals surface area contributed by atoms with Crippen LogP contribution in [0, 0.1) is 6.92 Å². The Morgan fingerprint density at radius 1 is 1.50 bits per heavy atom. The largest absolute Gasteiger partial charge is 0.373 e. The van der Waals surface area contributed by atoms with Crippen molar-refractivity contribution in [3.05, 3.63) is 11.8 Å². The first-order valence-electron chi connectivity index (χ1n) is 6.14. The fourth-order valence-corrected chi connectivity index (χ4v) is 2.22. The molecule has 6 heteroatoms. The van der Waals surface area contributed by atoms with Crippen molar-refractivity contribution >= 4 is 11.7 Å². The molecule has 1 N–H and O–H groups in total. The highest BCUT2D eigenvalue weighted by Crippen LogP contribution is 2.11. The Bertz CT molecular complexity index is 408. The number of carbonyl (C=O) groups is 1. The molecule has 2 heterocycles. The zero-order valence-corrected chi connectivity index (χ0v) is 11.0. The van der Waals surface area contributed by atoms with Gasteiger partial charge < -0.3 is 14.6 Å². The van der Waals surface area contributed by atoms with E-state index in [2.05, 4.69) is 15.4 Å². The van der Waals surface area contributed by atoms with E-state index in [0.717, 1.165) is 13.1 Å². The van der Waals surface area contributed by atoms with Gasteiger partial charge >= 0.3 is 0 Å². The van der Waals surface area contributed by atoms with E-state index in [0.29, 0.717) is 18.1 Å². The number of hydrogen-bond donors (Lipinski definition) is 1. The van der Waals surface area contributed by atoms with Gasteiger partial charge in [-0.2, -0.15) is 0 Å². The quantitative estimate of drug-likeness (QED) is 0.871. The fraction of sp³-hybridized carbons (Fsp3) is 0.667. The number of nitrogens with one attached hydrogen (secondary N) is 1. The third kappa shape index (κ3) is 3.54. The van der Waals surface area contributed by atoms with Crippen molar-refractivity contribution in [2.24, 2.45) is 0 Å². The molecule has 0 radical (unpaired) electrons. The van der Waals surface area contributed by atoms with Gasteiger partial charge in [-0.1, -0.05) is 5.16 Å². The number of amides is 1. The van der Waals surface area contributed by atoms with Crippen molar-refractivity contribution in [1.29, 1.82) is 0 Å². The molecule has 0 saturated carbocycles. The molecular formula is C12H19N3O3. The molecule has 1 aliphatic heterocycles. The molecule has 18 heavy (non-hydrogen) atoms. The number of ether oxygens (including phenoxy) is 1. The maximum atomic E-state index is 11.8. The van der Waals surface area contributed by atoms with Crippen molar-refractivity contribution in [2.75, 3.05) is 25.0 Å². The van der Waals surface area contributed by atoms with Gasteiger partial charge in [0.15, 0.2) is 5.82 Å². The lowest BCUT2D eigenvalue weighted by atomic mass is 10.2. The maximum absolute atomic E-state index is 11.8. The van der Waals surface area contributed by atoms with Gasteiger partial charge in [-0.05, 0) is 20.8 Å². The molecule has 2 unspecified atom stereocenters. The first-order chi connectivity index (χ1) is 8.52. The van der Waals surface area contributed by atoms with Gasteiger partial charge in [0.05, 0.1) is 18.8 Å². The van der Waals surface area contributed by atoms with Crippen LogP contribution in [0.15, 0.2) is 10.6 Å². The predicted octanol–water partition coefficient (Wildman–Crippen LogP) is 1.03. The van der Waals surface area contributed by atoms with Gasteiger partial charge in [-0.3, -0.25) is 9.69 Å². The number of aromatic nitrogens is 1. The van der Waals surface area contributed by atoms with Crippen LogP contribution in [0.2, 0.25) is 0 Å².